The van der Waals surface area contributed by atoms with E-state index in [9.17, 15) is 4.79 Å². The summed E-state index contributed by atoms with van der Waals surface area (Å²) in [4.78, 5) is 13.1. The largest absolute Gasteiger partial charge is 0.469 e. The Hall–Kier alpha value is -3.60. The van der Waals surface area contributed by atoms with Gasteiger partial charge in [-0.2, -0.15) is 0 Å². The molecular weight excluding hydrogens is 350 g/mol. The maximum absolute atomic E-state index is 13.1. The fourth-order valence-corrected chi connectivity index (χ4v) is 3.82. The monoisotopic (exact) mass is 369 g/mol. The summed E-state index contributed by atoms with van der Waals surface area (Å²) in [5, 5.41) is 8.10. The van der Waals surface area contributed by atoms with Gasteiger partial charge in [-0.25, -0.2) is 4.68 Å². The van der Waals surface area contributed by atoms with Crippen LogP contribution in [0.2, 0.25) is 0 Å². The number of benzene rings is 2. The van der Waals surface area contributed by atoms with Gasteiger partial charge >= 0.3 is 0 Å². The second-order valence-corrected chi connectivity index (χ2v) is 6.95. The molecule has 138 valence electrons. The van der Waals surface area contributed by atoms with Crippen molar-refractivity contribution >= 4 is 17.3 Å². The van der Waals surface area contributed by atoms with Gasteiger partial charge in [0.15, 0.2) is 11.6 Å². The Morgan fingerprint density at radius 1 is 0.929 bits per heavy atom. The molecule has 2 aromatic carbocycles. The van der Waals surface area contributed by atoms with Crippen LogP contribution >= 0.6 is 0 Å². The summed E-state index contributed by atoms with van der Waals surface area (Å²) >= 11 is 0. The molecule has 5 nitrogen and oxygen atoms in total. The Labute approximate surface area is 162 Å². The van der Waals surface area contributed by atoms with Crippen LogP contribution in [0, 0.1) is 0 Å². The maximum Gasteiger partial charge on any atom is 0.169 e. The van der Waals surface area contributed by atoms with Crippen molar-refractivity contribution in [1.29, 1.82) is 0 Å². The van der Waals surface area contributed by atoms with Crippen LogP contribution in [0.1, 0.15) is 34.2 Å². The number of nitrogens with one attached hydrogen (secondary N) is 1. The minimum atomic E-state index is 0.0266. The third kappa shape index (κ3) is 2.91. The Morgan fingerprint density at radius 2 is 1.68 bits per heavy atom. The molecule has 4 aromatic rings. The third-order valence-corrected chi connectivity index (χ3v) is 5.11. The number of Topliss-reactive ketones (excluding diaryl/α,β-unsaturated/α-hetero) is 1. The SMILES string of the molecule is O=C1C[C@H](c2ccco2)Cc2c1c(Nc1ccccc1)nn2-c1ccccc1. The number of rotatable bonds is 4. The van der Waals surface area contributed by atoms with E-state index in [1.54, 1.807) is 6.26 Å². The fourth-order valence-electron chi connectivity index (χ4n) is 3.82. The zero-order valence-electron chi connectivity index (χ0n) is 15.2. The molecule has 0 fully saturated rings. The molecule has 0 radical (unpaired) electrons. The molecule has 5 heteroatoms. The lowest BCUT2D eigenvalue weighted by Crippen LogP contribution is -2.20. The number of hydrogen-bond donors (Lipinski definition) is 1. The molecule has 0 unspecified atom stereocenters. The molecule has 0 spiro atoms. The Kier molecular flexibility index (Phi) is 4.05. The third-order valence-electron chi connectivity index (χ3n) is 5.11. The van der Waals surface area contributed by atoms with E-state index in [0.29, 0.717) is 24.2 Å². The van der Waals surface area contributed by atoms with Crippen LogP contribution in [0.4, 0.5) is 11.5 Å². The highest BCUT2D eigenvalue weighted by atomic mass is 16.3. The van der Waals surface area contributed by atoms with Gasteiger partial charge in [-0.1, -0.05) is 36.4 Å². The predicted octanol–water partition coefficient (Wildman–Crippen LogP) is 5.12. The summed E-state index contributed by atoms with van der Waals surface area (Å²) in [6.07, 6.45) is 2.78. The van der Waals surface area contributed by atoms with Crippen molar-refractivity contribution in [3.63, 3.8) is 0 Å². The molecule has 5 rings (SSSR count). The van der Waals surface area contributed by atoms with E-state index in [0.717, 1.165) is 22.8 Å². The van der Waals surface area contributed by atoms with Crippen LogP contribution in [0.5, 0.6) is 0 Å². The van der Waals surface area contributed by atoms with Gasteiger partial charge in [0.05, 0.1) is 23.2 Å². The average Bonchev–Trinajstić information content (AvgIpc) is 3.38. The van der Waals surface area contributed by atoms with Crippen LogP contribution < -0.4 is 5.32 Å². The van der Waals surface area contributed by atoms with Gasteiger partial charge in [0.1, 0.15) is 5.76 Å². The van der Waals surface area contributed by atoms with E-state index in [1.807, 2.05) is 77.5 Å². The highest BCUT2D eigenvalue weighted by Gasteiger charge is 2.34. The highest BCUT2D eigenvalue weighted by molar-refractivity contribution is 6.03. The topological polar surface area (TPSA) is 60.1 Å². The van der Waals surface area contributed by atoms with Gasteiger partial charge < -0.3 is 9.73 Å². The molecule has 2 aromatic heterocycles. The number of fused-ring (bicyclic) bond motifs is 1. The molecule has 0 bridgehead atoms. The van der Waals surface area contributed by atoms with Crippen molar-refractivity contribution in [2.24, 2.45) is 0 Å². The molecule has 0 aliphatic heterocycles. The van der Waals surface area contributed by atoms with Crippen LogP contribution in [-0.2, 0) is 6.42 Å². The van der Waals surface area contributed by atoms with E-state index in [1.165, 1.54) is 0 Å². The second kappa shape index (κ2) is 6.85. The van der Waals surface area contributed by atoms with Crippen LogP contribution in [0.15, 0.2) is 83.5 Å². The summed E-state index contributed by atoms with van der Waals surface area (Å²) < 4.78 is 7.47. The summed E-state index contributed by atoms with van der Waals surface area (Å²) in [6.45, 7) is 0. The van der Waals surface area contributed by atoms with Crippen LogP contribution in [0.25, 0.3) is 5.69 Å². The minimum absolute atomic E-state index is 0.0266. The normalized spacial score (nSPS) is 16.0. The molecule has 28 heavy (non-hydrogen) atoms. The first-order valence-electron chi connectivity index (χ1n) is 9.35. The minimum Gasteiger partial charge on any atom is -0.469 e. The standard InChI is InChI=1S/C23H19N3O2/c27-20-15-16(21-12-7-13-28-21)14-19-22(20)23(24-17-8-3-1-4-9-17)25-26(19)18-10-5-2-6-11-18/h1-13,16H,14-15H2,(H,24,25)/t16-/m1/s1. The molecule has 1 atom stereocenters. The molecule has 0 saturated heterocycles. The zero-order valence-corrected chi connectivity index (χ0v) is 15.2. The number of nitrogens with zero attached hydrogens (tertiary/aromatic N) is 2. The second-order valence-electron chi connectivity index (χ2n) is 6.95. The fraction of sp³-hybridized carbons (Fsp3) is 0.130. The summed E-state index contributed by atoms with van der Waals surface area (Å²) in [6, 6.07) is 23.5. The molecule has 1 aliphatic rings. The van der Waals surface area contributed by atoms with E-state index in [4.69, 9.17) is 9.52 Å². The number of carbonyl (C=O) groups is 1. The Balaban J connectivity index is 1.62. The van der Waals surface area contributed by atoms with Crippen LogP contribution in [-0.4, -0.2) is 15.6 Å². The first-order valence-corrected chi connectivity index (χ1v) is 9.35. The predicted molar refractivity (Wildman–Crippen MR) is 107 cm³/mol. The number of anilines is 2. The maximum atomic E-state index is 13.1. The Morgan fingerprint density at radius 3 is 2.39 bits per heavy atom. The lowest BCUT2D eigenvalue weighted by Gasteiger charge is -2.21. The Bertz CT molecular complexity index is 1100. The summed E-state index contributed by atoms with van der Waals surface area (Å²) in [5.74, 6) is 1.56. The zero-order chi connectivity index (χ0) is 18.9. The highest BCUT2D eigenvalue weighted by Crippen LogP contribution is 2.38. The van der Waals surface area contributed by atoms with Crippen molar-refractivity contribution in [1.82, 2.24) is 9.78 Å². The lowest BCUT2D eigenvalue weighted by atomic mass is 9.85. The van der Waals surface area contributed by atoms with Gasteiger partial charge in [-0.15, -0.1) is 5.10 Å². The van der Waals surface area contributed by atoms with Gasteiger partial charge in [0, 0.05) is 24.4 Å². The van der Waals surface area contributed by atoms with E-state index in [2.05, 4.69) is 5.32 Å². The van der Waals surface area contributed by atoms with Crippen molar-refractivity contribution in [2.45, 2.75) is 18.8 Å². The lowest BCUT2D eigenvalue weighted by molar-refractivity contribution is 0.0960. The van der Waals surface area contributed by atoms with Crippen molar-refractivity contribution in [2.75, 3.05) is 5.32 Å². The first-order chi connectivity index (χ1) is 13.8. The molecule has 2 heterocycles. The molecule has 1 N–H and O–H groups in total. The molecular formula is C23H19N3O2. The van der Waals surface area contributed by atoms with E-state index >= 15 is 0 Å². The summed E-state index contributed by atoms with van der Waals surface area (Å²) in [7, 11) is 0. The van der Waals surface area contributed by atoms with Gasteiger partial charge in [-0.3, -0.25) is 4.79 Å². The summed E-state index contributed by atoms with van der Waals surface area (Å²) in [5.41, 5.74) is 3.44. The van der Waals surface area contributed by atoms with Crippen molar-refractivity contribution in [3.05, 3.63) is 96.1 Å². The van der Waals surface area contributed by atoms with Crippen molar-refractivity contribution < 1.29 is 9.21 Å². The van der Waals surface area contributed by atoms with Crippen LogP contribution in [0.3, 0.4) is 0 Å². The number of furan rings is 1. The van der Waals surface area contributed by atoms with E-state index in [-0.39, 0.29) is 11.7 Å². The van der Waals surface area contributed by atoms with E-state index < -0.39 is 0 Å². The quantitative estimate of drug-likeness (QED) is 0.542. The molecule has 0 amide bonds. The average molecular weight is 369 g/mol. The number of para-hydroxylation sites is 2. The van der Waals surface area contributed by atoms with Gasteiger partial charge in [-0.05, 0) is 36.4 Å². The van der Waals surface area contributed by atoms with Crippen molar-refractivity contribution in [3.8, 4) is 5.69 Å². The first kappa shape index (κ1) is 16.6. The number of ketones is 1. The molecule has 1 aliphatic carbocycles. The number of carbonyl (C=O) groups excluding carboxylic acids is 1. The molecule has 0 saturated carbocycles. The van der Waals surface area contributed by atoms with Gasteiger partial charge in [0.2, 0.25) is 0 Å². The number of hydrogen-bond acceptors (Lipinski definition) is 4. The van der Waals surface area contributed by atoms with Gasteiger partial charge in [0.25, 0.3) is 0 Å². The smallest absolute Gasteiger partial charge is 0.169 e. The number of aromatic nitrogens is 2.